The molecule has 3 rings (SSSR count). The van der Waals surface area contributed by atoms with Gasteiger partial charge in [-0.1, -0.05) is 0 Å². The maximum atomic E-state index is 13.2. The molecule has 2 heterocycles. The topological polar surface area (TPSA) is 95.1 Å². The molecule has 1 fully saturated rings. The lowest BCUT2D eigenvalue weighted by atomic mass is 9.93. The quantitative estimate of drug-likeness (QED) is 0.390. The van der Waals surface area contributed by atoms with Crippen LogP contribution in [0.5, 0.6) is 11.5 Å². The fourth-order valence-corrected chi connectivity index (χ4v) is 4.19. The molecule has 1 aromatic carbocycles. The van der Waals surface area contributed by atoms with E-state index in [0.717, 1.165) is 17.0 Å². The number of aliphatic hydroxyl groups is 1. The summed E-state index contributed by atoms with van der Waals surface area (Å²) in [6.07, 6.45) is 0. The van der Waals surface area contributed by atoms with Gasteiger partial charge < -0.3 is 29.4 Å². The van der Waals surface area contributed by atoms with Gasteiger partial charge >= 0.3 is 0 Å². The van der Waals surface area contributed by atoms with Crippen molar-refractivity contribution in [1.82, 2.24) is 14.8 Å². The van der Waals surface area contributed by atoms with Crippen molar-refractivity contribution in [1.29, 1.82) is 0 Å². The van der Waals surface area contributed by atoms with E-state index in [2.05, 4.69) is 4.98 Å². The van der Waals surface area contributed by atoms with Crippen molar-refractivity contribution in [2.24, 2.45) is 0 Å². The van der Waals surface area contributed by atoms with Crippen LogP contribution in [0, 0.1) is 20.8 Å². The molecule has 172 valence electrons. The maximum Gasteiger partial charge on any atom is 0.295 e. The highest BCUT2D eigenvalue weighted by molar-refractivity contribution is 6.46. The molecule has 2 N–H and O–H groups in total. The highest BCUT2D eigenvalue weighted by Crippen LogP contribution is 2.44. The average Bonchev–Trinajstić information content (AvgIpc) is 3.16. The smallest absolute Gasteiger partial charge is 0.295 e. The van der Waals surface area contributed by atoms with E-state index in [0.29, 0.717) is 35.7 Å². The molecule has 1 atom stereocenters. The molecule has 0 radical (unpaired) electrons. The number of carbonyl (C=O) groups is 2. The number of hydrogen-bond acceptors (Lipinski definition) is 6. The van der Waals surface area contributed by atoms with E-state index < -0.39 is 17.7 Å². The first-order valence-electron chi connectivity index (χ1n) is 10.4. The van der Waals surface area contributed by atoms with E-state index in [4.69, 9.17) is 9.47 Å². The number of rotatable bonds is 7. The number of nitrogens with zero attached hydrogens (tertiary/aromatic N) is 2. The Hall–Kier alpha value is -3.26. The summed E-state index contributed by atoms with van der Waals surface area (Å²) in [6.45, 7) is 6.47. The molecule has 1 aliphatic rings. The van der Waals surface area contributed by atoms with Crippen LogP contribution in [0.4, 0.5) is 0 Å². The number of ketones is 1. The molecule has 0 aliphatic carbocycles. The number of nitrogens with one attached hydrogen (secondary N) is 1. The number of aromatic amines is 1. The van der Waals surface area contributed by atoms with Gasteiger partial charge in [-0.15, -0.1) is 0 Å². The standard InChI is InChI=1S/C24H31N3O5/c1-13-14(2)25-15(3)19(13)22(28)20-21(17-12-16(31-6)8-9-18(17)32-7)27(11-10-26(4)5)24(30)23(20)29/h8-9,12,21,25,28H,10-11H2,1-7H3/b22-20+. The van der Waals surface area contributed by atoms with E-state index in [1.54, 1.807) is 25.3 Å². The fraction of sp³-hybridized carbons (Fsp3) is 0.417. The summed E-state index contributed by atoms with van der Waals surface area (Å²) >= 11 is 0. The zero-order valence-corrected chi connectivity index (χ0v) is 19.7. The number of amides is 1. The lowest BCUT2D eigenvalue weighted by Gasteiger charge is -2.28. The van der Waals surface area contributed by atoms with Crippen LogP contribution in [0.15, 0.2) is 23.8 Å². The second-order valence-electron chi connectivity index (χ2n) is 8.28. The molecule has 8 heteroatoms. The summed E-state index contributed by atoms with van der Waals surface area (Å²) in [5, 5.41) is 11.4. The second-order valence-corrected chi connectivity index (χ2v) is 8.28. The molecule has 0 bridgehead atoms. The summed E-state index contributed by atoms with van der Waals surface area (Å²) in [7, 11) is 6.87. The van der Waals surface area contributed by atoms with Gasteiger partial charge in [0.25, 0.3) is 11.7 Å². The summed E-state index contributed by atoms with van der Waals surface area (Å²) in [5.74, 6) is -0.495. The first-order valence-corrected chi connectivity index (χ1v) is 10.4. The molecule has 8 nitrogen and oxygen atoms in total. The predicted molar refractivity (Wildman–Crippen MR) is 122 cm³/mol. The summed E-state index contributed by atoms with van der Waals surface area (Å²) < 4.78 is 10.9. The lowest BCUT2D eigenvalue weighted by Crippen LogP contribution is -2.35. The number of hydrogen-bond donors (Lipinski definition) is 2. The Balaban J connectivity index is 2.30. The summed E-state index contributed by atoms with van der Waals surface area (Å²) in [6, 6.07) is 4.41. The van der Waals surface area contributed by atoms with E-state index in [-0.39, 0.29) is 11.3 Å². The van der Waals surface area contributed by atoms with Gasteiger partial charge in [0.2, 0.25) is 0 Å². The van der Waals surface area contributed by atoms with E-state index in [1.807, 2.05) is 39.8 Å². The monoisotopic (exact) mass is 441 g/mol. The van der Waals surface area contributed by atoms with Gasteiger partial charge in [-0.05, 0) is 58.6 Å². The number of aromatic nitrogens is 1. The van der Waals surface area contributed by atoms with Gasteiger partial charge in [-0.25, -0.2) is 0 Å². The molecule has 1 aliphatic heterocycles. The van der Waals surface area contributed by atoms with Crippen LogP contribution in [0.1, 0.15) is 34.1 Å². The number of aryl methyl sites for hydroxylation is 2. The van der Waals surface area contributed by atoms with E-state index >= 15 is 0 Å². The molecule has 0 saturated carbocycles. The third-order valence-electron chi connectivity index (χ3n) is 5.98. The fourth-order valence-electron chi connectivity index (χ4n) is 4.19. The zero-order valence-electron chi connectivity index (χ0n) is 19.7. The number of benzene rings is 1. The molecule has 2 aromatic rings. The number of H-pyrrole nitrogens is 1. The van der Waals surface area contributed by atoms with Crippen molar-refractivity contribution in [3.05, 3.63) is 51.9 Å². The minimum Gasteiger partial charge on any atom is -0.507 e. The molecule has 1 unspecified atom stereocenters. The second kappa shape index (κ2) is 9.08. The number of ether oxygens (including phenoxy) is 2. The third kappa shape index (κ3) is 3.98. The molecule has 1 amide bonds. The van der Waals surface area contributed by atoms with Gasteiger partial charge in [0.05, 0.1) is 25.8 Å². The van der Waals surface area contributed by atoms with Crippen LogP contribution in [0.2, 0.25) is 0 Å². The van der Waals surface area contributed by atoms with Gasteiger partial charge in [0.15, 0.2) is 0 Å². The van der Waals surface area contributed by atoms with Crippen LogP contribution in [-0.2, 0) is 9.59 Å². The SMILES string of the molecule is COc1ccc(OC)c(C2/C(=C(\O)c3c(C)[nH]c(C)c3C)C(=O)C(=O)N2CCN(C)C)c1. The van der Waals surface area contributed by atoms with Gasteiger partial charge in [-0.2, -0.15) is 0 Å². The number of Topliss-reactive ketones (excluding diaryl/α,β-unsaturated/α-hetero) is 1. The van der Waals surface area contributed by atoms with Gasteiger partial charge in [-0.3, -0.25) is 9.59 Å². The van der Waals surface area contributed by atoms with Crippen molar-refractivity contribution < 1.29 is 24.2 Å². The number of likely N-dealkylation sites (tertiary alicyclic amines) is 1. The summed E-state index contributed by atoms with van der Waals surface area (Å²) in [5.41, 5.74) is 3.62. The lowest BCUT2D eigenvalue weighted by molar-refractivity contribution is -0.140. The Morgan fingerprint density at radius 3 is 2.34 bits per heavy atom. The maximum absolute atomic E-state index is 13.2. The Morgan fingerprint density at radius 1 is 1.12 bits per heavy atom. The Bertz CT molecular complexity index is 1080. The molecule has 1 saturated heterocycles. The Morgan fingerprint density at radius 2 is 1.81 bits per heavy atom. The first-order chi connectivity index (χ1) is 15.1. The Labute approximate surface area is 188 Å². The largest absolute Gasteiger partial charge is 0.507 e. The van der Waals surface area contributed by atoms with E-state index in [9.17, 15) is 14.7 Å². The van der Waals surface area contributed by atoms with Gasteiger partial charge in [0.1, 0.15) is 17.3 Å². The zero-order chi connectivity index (χ0) is 23.7. The van der Waals surface area contributed by atoms with Crippen LogP contribution >= 0.6 is 0 Å². The number of likely N-dealkylation sites (N-methyl/N-ethyl adjacent to an activating group) is 1. The van der Waals surface area contributed by atoms with Crippen LogP contribution in [0.25, 0.3) is 5.76 Å². The van der Waals surface area contributed by atoms with Crippen molar-refractivity contribution >= 4 is 17.4 Å². The van der Waals surface area contributed by atoms with Crippen molar-refractivity contribution in [3.63, 3.8) is 0 Å². The first kappa shape index (κ1) is 23.4. The minimum absolute atomic E-state index is 0.0468. The minimum atomic E-state index is -0.811. The average molecular weight is 442 g/mol. The van der Waals surface area contributed by atoms with Crippen molar-refractivity contribution in [2.75, 3.05) is 41.4 Å². The molecular formula is C24H31N3O5. The third-order valence-corrected chi connectivity index (χ3v) is 5.98. The molecule has 0 spiro atoms. The van der Waals surface area contributed by atoms with Crippen molar-refractivity contribution in [3.8, 4) is 11.5 Å². The van der Waals surface area contributed by atoms with E-state index in [1.165, 1.54) is 12.0 Å². The number of aliphatic hydroxyl groups excluding tert-OH is 1. The highest BCUT2D eigenvalue weighted by atomic mass is 16.5. The Kier molecular flexibility index (Phi) is 6.64. The normalized spacial score (nSPS) is 18.0. The number of methoxy groups -OCH3 is 2. The highest BCUT2D eigenvalue weighted by Gasteiger charge is 2.47. The summed E-state index contributed by atoms with van der Waals surface area (Å²) in [4.78, 5) is 33.0. The molecule has 32 heavy (non-hydrogen) atoms. The van der Waals surface area contributed by atoms with Crippen LogP contribution in [-0.4, -0.2) is 73.0 Å². The van der Waals surface area contributed by atoms with Crippen LogP contribution < -0.4 is 9.47 Å². The van der Waals surface area contributed by atoms with Gasteiger partial charge in [0, 0.05) is 35.6 Å². The molecular weight excluding hydrogens is 410 g/mol. The number of carbonyl (C=O) groups excluding carboxylic acids is 2. The van der Waals surface area contributed by atoms with Crippen molar-refractivity contribution in [2.45, 2.75) is 26.8 Å². The predicted octanol–water partition coefficient (Wildman–Crippen LogP) is 2.94. The molecule has 1 aromatic heterocycles. The van der Waals surface area contributed by atoms with Crippen LogP contribution in [0.3, 0.4) is 0 Å².